The predicted octanol–water partition coefficient (Wildman–Crippen LogP) is 6.81. The molecule has 3 aromatic rings. The maximum atomic E-state index is 14.1. The van der Waals surface area contributed by atoms with Crippen LogP contribution in [0.5, 0.6) is 5.75 Å². The average Bonchev–Trinajstić information content (AvgIpc) is 3.11. The molecule has 7 heteroatoms. The molecule has 0 amide bonds. The van der Waals surface area contributed by atoms with Crippen molar-refractivity contribution in [2.45, 2.75) is 50.2 Å². The minimum absolute atomic E-state index is 0.311. The lowest BCUT2D eigenvalue weighted by molar-refractivity contribution is 0.210. The van der Waals surface area contributed by atoms with E-state index < -0.39 is 0 Å². The van der Waals surface area contributed by atoms with Crippen molar-refractivity contribution in [3.05, 3.63) is 82.9 Å². The maximum Gasteiger partial charge on any atom is 0.191 e. The number of benzene rings is 2. The van der Waals surface area contributed by atoms with Gasteiger partial charge in [-0.1, -0.05) is 61.5 Å². The largest absolute Gasteiger partial charge is 0.483 e. The van der Waals surface area contributed by atoms with Gasteiger partial charge < -0.3 is 4.74 Å². The first-order valence-electron chi connectivity index (χ1n) is 9.77. The molecule has 0 radical (unpaired) electrons. The summed E-state index contributed by atoms with van der Waals surface area (Å²) in [5.74, 6) is 1.95. The fourth-order valence-corrected chi connectivity index (χ4v) is 4.30. The Labute approximate surface area is 186 Å². The van der Waals surface area contributed by atoms with Crippen LogP contribution in [0, 0.1) is 5.82 Å². The number of ether oxygens (including phenoxy) is 1. The van der Waals surface area contributed by atoms with E-state index in [4.69, 9.17) is 16.3 Å². The summed E-state index contributed by atoms with van der Waals surface area (Å²) in [4.78, 5) is 0. The van der Waals surface area contributed by atoms with Crippen LogP contribution in [-0.4, -0.2) is 14.8 Å². The first-order valence-corrected chi connectivity index (χ1v) is 11.1. The van der Waals surface area contributed by atoms with Gasteiger partial charge in [0, 0.05) is 22.9 Å². The third-order valence-corrected chi connectivity index (χ3v) is 6.04. The molecule has 2 aromatic carbocycles. The molecule has 0 fully saturated rings. The minimum Gasteiger partial charge on any atom is -0.483 e. The van der Waals surface area contributed by atoms with Crippen molar-refractivity contribution in [3.8, 4) is 5.75 Å². The van der Waals surface area contributed by atoms with Crippen LogP contribution in [0.1, 0.15) is 49.7 Å². The van der Waals surface area contributed by atoms with Crippen molar-refractivity contribution >= 4 is 23.4 Å². The smallest absolute Gasteiger partial charge is 0.191 e. The van der Waals surface area contributed by atoms with Crippen LogP contribution in [0.25, 0.3) is 0 Å². The van der Waals surface area contributed by atoms with E-state index in [0.29, 0.717) is 39.8 Å². The second kappa shape index (κ2) is 10.1. The maximum absolute atomic E-state index is 14.1. The third-order valence-electron chi connectivity index (χ3n) is 4.69. The normalized spacial score (nSPS) is 12.2. The second-order valence-electron chi connectivity index (χ2n) is 7.21. The Morgan fingerprint density at radius 3 is 2.53 bits per heavy atom. The zero-order valence-electron chi connectivity index (χ0n) is 17.3. The molecular weight excluding hydrogens is 421 g/mol. The lowest BCUT2D eigenvalue weighted by atomic mass is 10.0. The van der Waals surface area contributed by atoms with E-state index in [1.807, 2.05) is 23.6 Å². The van der Waals surface area contributed by atoms with Gasteiger partial charge in [-0.05, 0) is 42.7 Å². The fourth-order valence-electron chi connectivity index (χ4n) is 3.00. The Balaban J connectivity index is 1.76. The molecule has 0 aliphatic rings. The molecule has 1 unspecified atom stereocenters. The number of thioether (sulfide) groups is 1. The van der Waals surface area contributed by atoms with Crippen LogP contribution in [0.15, 0.2) is 60.3 Å². The molecule has 0 aliphatic heterocycles. The standard InChI is InChI=1S/C23H25ClFN3OS/c1-5-13-28-22(16(4)29-18-11-9-17(10-12-18)15(2)3)26-27-23(28)30-14-19-20(24)7-6-8-21(19)25/h5-12,15-16H,1,13-14H2,2-4H3. The van der Waals surface area contributed by atoms with Gasteiger partial charge in [0.25, 0.3) is 0 Å². The van der Waals surface area contributed by atoms with Crippen LogP contribution >= 0.6 is 23.4 Å². The highest BCUT2D eigenvalue weighted by molar-refractivity contribution is 7.98. The van der Waals surface area contributed by atoms with E-state index in [0.717, 1.165) is 5.75 Å². The van der Waals surface area contributed by atoms with Crippen LogP contribution in [0.3, 0.4) is 0 Å². The molecule has 1 aromatic heterocycles. The summed E-state index contributed by atoms with van der Waals surface area (Å²) in [6, 6.07) is 12.8. The van der Waals surface area contributed by atoms with Crippen molar-refractivity contribution < 1.29 is 9.13 Å². The predicted molar refractivity (Wildman–Crippen MR) is 121 cm³/mol. The van der Waals surface area contributed by atoms with E-state index in [1.165, 1.54) is 23.4 Å². The SMILES string of the molecule is C=CCn1c(SCc2c(F)cccc2Cl)nnc1C(C)Oc1ccc(C(C)C)cc1. The summed E-state index contributed by atoms with van der Waals surface area (Å²) in [5, 5.41) is 9.68. The van der Waals surface area contributed by atoms with E-state index in [2.05, 4.69) is 42.8 Å². The molecule has 0 aliphatic carbocycles. The van der Waals surface area contributed by atoms with Crippen molar-refractivity contribution in [1.82, 2.24) is 14.8 Å². The number of hydrogen-bond donors (Lipinski definition) is 0. The molecular formula is C23H25ClFN3OS. The number of nitrogens with zero attached hydrogens (tertiary/aromatic N) is 3. The molecule has 0 bridgehead atoms. The number of halogens is 2. The first-order chi connectivity index (χ1) is 14.4. The van der Waals surface area contributed by atoms with Gasteiger partial charge in [-0.3, -0.25) is 4.57 Å². The van der Waals surface area contributed by atoms with Gasteiger partial charge >= 0.3 is 0 Å². The lowest BCUT2D eigenvalue weighted by Gasteiger charge is -2.16. The summed E-state index contributed by atoms with van der Waals surface area (Å²) in [7, 11) is 0. The van der Waals surface area contributed by atoms with E-state index in [9.17, 15) is 4.39 Å². The Morgan fingerprint density at radius 1 is 1.17 bits per heavy atom. The van der Waals surface area contributed by atoms with Crippen molar-refractivity contribution in [3.63, 3.8) is 0 Å². The lowest BCUT2D eigenvalue weighted by Crippen LogP contribution is -2.12. The molecule has 0 spiro atoms. The topological polar surface area (TPSA) is 39.9 Å². The Bertz CT molecular complexity index is 984. The molecule has 158 valence electrons. The van der Waals surface area contributed by atoms with Gasteiger partial charge in [0.15, 0.2) is 17.1 Å². The van der Waals surface area contributed by atoms with Crippen molar-refractivity contribution in [2.24, 2.45) is 0 Å². The zero-order valence-corrected chi connectivity index (χ0v) is 18.9. The summed E-state index contributed by atoms with van der Waals surface area (Å²) in [6.45, 7) is 10.6. The fraction of sp³-hybridized carbons (Fsp3) is 0.304. The van der Waals surface area contributed by atoms with Crippen molar-refractivity contribution in [1.29, 1.82) is 0 Å². The van der Waals surface area contributed by atoms with Gasteiger partial charge in [0.05, 0.1) is 0 Å². The number of aromatic nitrogens is 3. The van der Waals surface area contributed by atoms with Crippen LogP contribution in [-0.2, 0) is 12.3 Å². The quantitative estimate of drug-likeness (QED) is 0.268. The molecule has 1 atom stereocenters. The highest BCUT2D eigenvalue weighted by Gasteiger charge is 2.20. The monoisotopic (exact) mass is 445 g/mol. The van der Waals surface area contributed by atoms with Gasteiger partial charge in [-0.25, -0.2) is 4.39 Å². The molecule has 3 rings (SSSR count). The van der Waals surface area contributed by atoms with Crippen LogP contribution in [0.2, 0.25) is 5.02 Å². The van der Waals surface area contributed by atoms with Gasteiger partial charge in [0.2, 0.25) is 0 Å². The Kier molecular flexibility index (Phi) is 7.56. The summed E-state index contributed by atoms with van der Waals surface area (Å²) >= 11 is 7.52. The molecule has 1 heterocycles. The molecule has 0 N–H and O–H groups in total. The van der Waals surface area contributed by atoms with Crippen LogP contribution in [0.4, 0.5) is 4.39 Å². The van der Waals surface area contributed by atoms with E-state index in [-0.39, 0.29) is 11.9 Å². The Hall–Kier alpha value is -2.31. The Morgan fingerprint density at radius 2 is 1.90 bits per heavy atom. The highest BCUT2D eigenvalue weighted by atomic mass is 35.5. The summed E-state index contributed by atoms with van der Waals surface area (Å²) in [6.07, 6.45) is 1.46. The van der Waals surface area contributed by atoms with E-state index in [1.54, 1.807) is 18.2 Å². The minimum atomic E-state index is -0.327. The van der Waals surface area contributed by atoms with Crippen LogP contribution < -0.4 is 4.74 Å². The third kappa shape index (κ3) is 5.24. The summed E-state index contributed by atoms with van der Waals surface area (Å²) in [5.41, 5.74) is 1.71. The van der Waals surface area contributed by atoms with Gasteiger partial charge in [-0.2, -0.15) is 0 Å². The second-order valence-corrected chi connectivity index (χ2v) is 8.56. The molecule has 0 saturated carbocycles. The number of hydrogen-bond acceptors (Lipinski definition) is 4. The molecule has 4 nitrogen and oxygen atoms in total. The zero-order chi connectivity index (χ0) is 21.7. The average molecular weight is 446 g/mol. The number of rotatable bonds is 9. The van der Waals surface area contributed by atoms with E-state index >= 15 is 0 Å². The summed E-state index contributed by atoms with van der Waals surface area (Å²) < 4.78 is 22.1. The van der Waals surface area contributed by atoms with Gasteiger partial charge in [-0.15, -0.1) is 16.8 Å². The number of allylic oxidation sites excluding steroid dienone is 1. The van der Waals surface area contributed by atoms with Gasteiger partial charge in [0.1, 0.15) is 11.6 Å². The highest BCUT2D eigenvalue weighted by Crippen LogP contribution is 2.30. The first kappa shape index (κ1) is 22.4. The van der Waals surface area contributed by atoms with Crippen molar-refractivity contribution in [2.75, 3.05) is 0 Å². The molecule has 30 heavy (non-hydrogen) atoms. The molecule has 0 saturated heterocycles.